The molecule has 1 rings (SSSR count). The van der Waals surface area contributed by atoms with Gasteiger partial charge in [0.25, 0.3) is 0 Å². The number of nitrogens with one attached hydrogen (secondary N) is 1. The van der Waals surface area contributed by atoms with Gasteiger partial charge in [-0.25, -0.2) is 12.7 Å². The second kappa shape index (κ2) is 5.55. The van der Waals surface area contributed by atoms with E-state index in [1.807, 2.05) is 0 Å². The van der Waals surface area contributed by atoms with E-state index in [1.54, 1.807) is 19.1 Å². The van der Waals surface area contributed by atoms with Gasteiger partial charge in [-0.2, -0.15) is 0 Å². The second-order valence-electron chi connectivity index (χ2n) is 4.23. The summed E-state index contributed by atoms with van der Waals surface area (Å²) in [7, 11) is -0.667. The van der Waals surface area contributed by atoms with Crippen molar-refractivity contribution in [3.05, 3.63) is 18.2 Å². The van der Waals surface area contributed by atoms with Gasteiger partial charge in [-0.15, -0.1) is 0 Å². The number of benzene rings is 1. The number of hydrogen-bond acceptors (Lipinski definition) is 5. The standard InChI is InChI=1S/C11H19N3O3S/c1-8(7-15)13-9-5-4-6-10(11(9)12)18(16,17)14(2)3/h4-6,8,13,15H,7,12H2,1-3H3. The maximum atomic E-state index is 12.0. The zero-order valence-electron chi connectivity index (χ0n) is 10.7. The minimum Gasteiger partial charge on any atom is -0.396 e. The summed E-state index contributed by atoms with van der Waals surface area (Å²) >= 11 is 0. The van der Waals surface area contributed by atoms with Gasteiger partial charge < -0.3 is 16.2 Å². The fraction of sp³-hybridized carbons (Fsp3) is 0.455. The SMILES string of the molecule is CC(CO)Nc1cccc(S(=O)(=O)N(C)C)c1N. The first-order chi connectivity index (χ1) is 8.30. The van der Waals surface area contributed by atoms with Gasteiger partial charge in [0, 0.05) is 20.1 Å². The maximum Gasteiger partial charge on any atom is 0.244 e. The van der Waals surface area contributed by atoms with Gasteiger partial charge in [0.2, 0.25) is 10.0 Å². The van der Waals surface area contributed by atoms with Crippen molar-refractivity contribution in [3.8, 4) is 0 Å². The fourth-order valence-corrected chi connectivity index (χ4v) is 2.43. The smallest absolute Gasteiger partial charge is 0.244 e. The van der Waals surface area contributed by atoms with Crippen LogP contribution in [0.25, 0.3) is 0 Å². The largest absolute Gasteiger partial charge is 0.396 e. The Hall–Kier alpha value is -1.31. The monoisotopic (exact) mass is 273 g/mol. The number of aliphatic hydroxyl groups excluding tert-OH is 1. The van der Waals surface area contributed by atoms with Crippen LogP contribution in [0.1, 0.15) is 6.92 Å². The summed E-state index contributed by atoms with van der Waals surface area (Å²) in [6, 6.07) is 4.54. The molecule has 18 heavy (non-hydrogen) atoms. The average molecular weight is 273 g/mol. The van der Waals surface area contributed by atoms with E-state index in [4.69, 9.17) is 10.8 Å². The van der Waals surface area contributed by atoms with Gasteiger partial charge in [-0.3, -0.25) is 0 Å². The number of aliphatic hydroxyl groups is 1. The topological polar surface area (TPSA) is 95.7 Å². The number of hydrogen-bond donors (Lipinski definition) is 3. The van der Waals surface area contributed by atoms with Crippen LogP contribution in [0.5, 0.6) is 0 Å². The summed E-state index contributed by atoms with van der Waals surface area (Å²) < 4.78 is 25.2. The lowest BCUT2D eigenvalue weighted by Gasteiger charge is -2.18. The van der Waals surface area contributed by atoms with E-state index in [0.29, 0.717) is 5.69 Å². The Labute approximate surface area is 107 Å². The molecule has 102 valence electrons. The average Bonchev–Trinajstić information content (AvgIpc) is 2.31. The number of rotatable bonds is 5. The van der Waals surface area contributed by atoms with Crippen LogP contribution < -0.4 is 11.1 Å². The van der Waals surface area contributed by atoms with Crippen LogP contribution in [0.3, 0.4) is 0 Å². The van der Waals surface area contributed by atoms with Crippen LogP contribution in [0.4, 0.5) is 11.4 Å². The van der Waals surface area contributed by atoms with Crippen LogP contribution in [-0.4, -0.2) is 44.6 Å². The third-order valence-corrected chi connectivity index (χ3v) is 4.37. The molecule has 0 saturated heterocycles. The van der Waals surface area contributed by atoms with Crippen molar-refractivity contribution in [2.45, 2.75) is 17.9 Å². The Balaban J connectivity index is 3.22. The molecular weight excluding hydrogens is 254 g/mol. The van der Waals surface area contributed by atoms with Crippen molar-refractivity contribution in [2.24, 2.45) is 0 Å². The van der Waals surface area contributed by atoms with E-state index in [2.05, 4.69) is 5.32 Å². The number of nitrogens with zero attached hydrogens (tertiary/aromatic N) is 1. The van der Waals surface area contributed by atoms with Crippen molar-refractivity contribution in [3.63, 3.8) is 0 Å². The van der Waals surface area contributed by atoms with Gasteiger partial charge in [-0.05, 0) is 19.1 Å². The van der Waals surface area contributed by atoms with Gasteiger partial charge in [0.05, 0.1) is 18.0 Å². The molecule has 7 heteroatoms. The van der Waals surface area contributed by atoms with E-state index in [-0.39, 0.29) is 23.2 Å². The van der Waals surface area contributed by atoms with Crippen molar-refractivity contribution in [1.82, 2.24) is 4.31 Å². The van der Waals surface area contributed by atoms with E-state index in [9.17, 15) is 8.42 Å². The van der Waals surface area contributed by atoms with E-state index in [0.717, 1.165) is 4.31 Å². The molecule has 1 unspecified atom stereocenters. The Morgan fingerprint density at radius 2 is 2.06 bits per heavy atom. The molecule has 6 nitrogen and oxygen atoms in total. The lowest BCUT2D eigenvalue weighted by atomic mass is 10.2. The number of anilines is 2. The first kappa shape index (κ1) is 14.7. The summed E-state index contributed by atoms with van der Waals surface area (Å²) in [4.78, 5) is 0.0580. The predicted octanol–water partition coefficient (Wildman–Crippen LogP) is 0.312. The molecule has 1 aromatic carbocycles. The lowest BCUT2D eigenvalue weighted by Crippen LogP contribution is -2.24. The molecule has 0 spiro atoms. The molecule has 0 aromatic heterocycles. The van der Waals surface area contributed by atoms with Crippen molar-refractivity contribution in [2.75, 3.05) is 31.8 Å². The molecule has 0 aliphatic carbocycles. The number of nitrogens with two attached hydrogens (primary N) is 1. The van der Waals surface area contributed by atoms with Crippen LogP contribution in [0.2, 0.25) is 0 Å². The highest BCUT2D eigenvalue weighted by Gasteiger charge is 2.21. The molecule has 0 amide bonds. The molecule has 0 saturated carbocycles. The summed E-state index contributed by atoms with van der Waals surface area (Å²) in [5.41, 5.74) is 6.52. The lowest BCUT2D eigenvalue weighted by molar-refractivity contribution is 0.281. The Morgan fingerprint density at radius 3 is 2.56 bits per heavy atom. The molecule has 0 aliphatic heterocycles. The van der Waals surface area contributed by atoms with Crippen molar-refractivity contribution in [1.29, 1.82) is 0 Å². The Bertz CT molecular complexity index is 514. The molecule has 0 heterocycles. The van der Waals surface area contributed by atoms with Crippen molar-refractivity contribution < 1.29 is 13.5 Å². The molecule has 0 aliphatic rings. The van der Waals surface area contributed by atoms with Crippen LogP contribution in [0.15, 0.2) is 23.1 Å². The highest BCUT2D eigenvalue weighted by Crippen LogP contribution is 2.28. The minimum absolute atomic E-state index is 0.0580. The van der Waals surface area contributed by atoms with E-state index >= 15 is 0 Å². The van der Waals surface area contributed by atoms with E-state index in [1.165, 1.54) is 20.2 Å². The first-order valence-corrected chi connectivity index (χ1v) is 6.93. The minimum atomic E-state index is -3.57. The van der Waals surface area contributed by atoms with Crippen LogP contribution >= 0.6 is 0 Å². The molecule has 0 bridgehead atoms. The van der Waals surface area contributed by atoms with Crippen LogP contribution in [-0.2, 0) is 10.0 Å². The molecule has 1 aromatic rings. The highest BCUT2D eigenvalue weighted by atomic mass is 32.2. The zero-order valence-corrected chi connectivity index (χ0v) is 11.5. The second-order valence-corrected chi connectivity index (χ2v) is 6.35. The zero-order chi connectivity index (χ0) is 13.9. The van der Waals surface area contributed by atoms with E-state index < -0.39 is 10.0 Å². The third-order valence-electron chi connectivity index (χ3n) is 2.50. The quantitative estimate of drug-likeness (QED) is 0.671. The van der Waals surface area contributed by atoms with Gasteiger partial charge >= 0.3 is 0 Å². The highest BCUT2D eigenvalue weighted by molar-refractivity contribution is 7.89. The predicted molar refractivity (Wildman–Crippen MR) is 71.9 cm³/mol. The number of para-hydroxylation sites is 1. The van der Waals surface area contributed by atoms with Gasteiger partial charge in [-0.1, -0.05) is 6.07 Å². The summed E-state index contributed by atoms with van der Waals surface area (Å²) in [6.45, 7) is 1.71. The Kier molecular flexibility index (Phi) is 4.55. The number of sulfonamides is 1. The third kappa shape index (κ3) is 2.92. The fourth-order valence-electron chi connectivity index (χ4n) is 1.40. The van der Waals surface area contributed by atoms with Crippen LogP contribution in [0, 0.1) is 0 Å². The molecule has 1 atom stereocenters. The normalized spacial score (nSPS) is 13.6. The Morgan fingerprint density at radius 1 is 1.44 bits per heavy atom. The summed E-state index contributed by atoms with van der Waals surface area (Å²) in [6.07, 6.45) is 0. The first-order valence-electron chi connectivity index (χ1n) is 5.49. The molecular formula is C11H19N3O3S. The molecule has 4 N–H and O–H groups in total. The molecule has 0 fully saturated rings. The summed E-state index contributed by atoms with van der Waals surface area (Å²) in [5.74, 6) is 0. The molecule has 0 radical (unpaired) electrons. The van der Waals surface area contributed by atoms with Gasteiger partial charge in [0.1, 0.15) is 4.90 Å². The summed E-state index contributed by atoms with van der Waals surface area (Å²) in [5, 5.41) is 11.9. The van der Waals surface area contributed by atoms with Gasteiger partial charge in [0.15, 0.2) is 0 Å². The maximum absolute atomic E-state index is 12.0. The van der Waals surface area contributed by atoms with Crippen molar-refractivity contribution >= 4 is 21.4 Å². The number of nitrogen functional groups attached to an aromatic ring is 1.